The van der Waals surface area contributed by atoms with E-state index in [9.17, 15) is 28.3 Å². The van der Waals surface area contributed by atoms with Crippen molar-refractivity contribution in [3.63, 3.8) is 0 Å². The van der Waals surface area contributed by atoms with E-state index in [2.05, 4.69) is 42.1 Å². The minimum Gasteiger partial charge on any atom is -0.481 e. The zero-order valence-corrected chi connectivity index (χ0v) is 27.5. The molecule has 0 saturated carbocycles. The number of H-pyrrole nitrogens is 1. The van der Waals surface area contributed by atoms with E-state index in [0.29, 0.717) is 47.1 Å². The van der Waals surface area contributed by atoms with E-state index in [1.165, 1.54) is 29.2 Å². The van der Waals surface area contributed by atoms with Gasteiger partial charge in [0.15, 0.2) is 10.8 Å². The highest BCUT2D eigenvalue weighted by atomic mass is 32.1. The van der Waals surface area contributed by atoms with Crippen LogP contribution in [0.3, 0.4) is 0 Å². The molecule has 0 spiro atoms. The summed E-state index contributed by atoms with van der Waals surface area (Å²) in [5.74, 6) is -2.80. The second kappa shape index (κ2) is 13.2. The first kappa shape index (κ1) is 32.9. The van der Waals surface area contributed by atoms with Gasteiger partial charge in [-0.3, -0.25) is 14.4 Å². The van der Waals surface area contributed by atoms with E-state index in [1.807, 2.05) is 17.0 Å². The van der Waals surface area contributed by atoms with Crippen molar-refractivity contribution in [1.29, 1.82) is 0 Å². The number of carboxylic acids is 1. The summed E-state index contributed by atoms with van der Waals surface area (Å²) in [6, 6.07) is 10.0. The van der Waals surface area contributed by atoms with Gasteiger partial charge in [-0.2, -0.15) is 0 Å². The number of pyridine rings is 2. The molecule has 47 heavy (non-hydrogen) atoms. The predicted octanol–water partition coefficient (Wildman–Crippen LogP) is 5.94. The Bertz CT molecular complexity index is 1850. The summed E-state index contributed by atoms with van der Waals surface area (Å²) in [6.45, 7) is 7.69. The Morgan fingerprint density at radius 3 is 2.60 bits per heavy atom. The van der Waals surface area contributed by atoms with Crippen LogP contribution < -0.4 is 10.9 Å². The number of carbonyl (C=O) groups is 2. The van der Waals surface area contributed by atoms with Crippen LogP contribution in [0.4, 0.5) is 8.78 Å². The van der Waals surface area contributed by atoms with Crippen LogP contribution in [-0.2, 0) is 17.6 Å². The topological polar surface area (TPSA) is 128 Å². The molecule has 1 aromatic carbocycles. The third-order valence-corrected chi connectivity index (χ3v) is 10.6. The summed E-state index contributed by atoms with van der Waals surface area (Å²) >= 11 is 1.26. The van der Waals surface area contributed by atoms with Crippen LogP contribution in [0.15, 0.2) is 47.4 Å². The fourth-order valence-corrected chi connectivity index (χ4v) is 7.53. The molecule has 4 atom stereocenters. The number of aromatic amines is 1. The van der Waals surface area contributed by atoms with Gasteiger partial charge in [0.1, 0.15) is 16.5 Å². The molecule has 1 aliphatic carbocycles. The maximum Gasteiger partial charge on any atom is 0.309 e. The van der Waals surface area contributed by atoms with Gasteiger partial charge in [-0.1, -0.05) is 56.4 Å². The summed E-state index contributed by atoms with van der Waals surface area (Å²) in [5, 5.41) is 12.7. The first-order valence-electron chi connectivity index (χ1n) is 16.0. The Hall–Kier alpha value is -4.03. The number of fused-ring (bicyclic) bond motifs is 2. The minimum atomic E-state index is -1.47. The number of thiazole rings is 1. The minimum absolute atomic E-state index is 0.0125. The van der Waals surface area contributed by atoms with Crippen molar-refractivity contribution in [2.24, 2.45) is 17.3 Å². The number of hydrogen-bond acceptors (Lipinski definition) is 7. The number of aliphatic carboxylic acids is 1. The lowest BCUT2D eigenvalue weighted by Gasteiger charge is -2.34. The zero-order valence-electron chi connectivity index (χ0n) is 26.7. The van der Waals surface area contributed by atoms with Gasteiger partial charge >= 0.3 is 5.97 Å². The van der Waals surface area contributed by atoms with E-state index in [4.69, 9.17) is 4.98 Å². The maximum absolute atomic E-state index is 14.6. The van der Waals surface area contributed by atoms with E-state index in [1.54, 1.807) is 12.1 Å². The number of halogens is 2. The third-order valence-electron chi connectivity index (χ3n) is 9.65. The van der Waals surface area contributed by atoms with Crippen LogP contribution in [0, 0.1) is 23.1 Å². The molecule has 0 radical (unpaired) electrons. The van der Waals surface area contributed by atoms with Crippen molar-refractivity contribution in [1.82, 2.24) is 25.2 Å². The Kier molecular flexibility index (Phi) is 9.26. The summed E-state index contributed by atoms with van der Waals surface area (Å²) in [7, 11) is 0. The largest absolute Gasteiger partial charge is 0.481 e. The molecular weight excluding hydrogens is 624 g/mol. The quantitative estimate of drug-likeness (QED) is 0.213. The highest BCUT2D eigenvalue weighted by Gasteiger charge is 2.34. The lowest BCUT2D eigenvalue weighted by Crippen LogP contribution is -2.45. The molecule has 2 aliphatic rings. The number of benzene rings is 1. The summed E-state index contributed by atoms with van der Waals surface area (Å²) < 4.78 is 28.5. The molecule has 1 fully saturated rings. The highest BCUT2D eigenvalue weighted by molar-refractivity contribution is 7.19. The normalized spacial score (nSPS) is 20.9. The van der Waals surface area contributed by atoms with Crippen LogP contribution in [0.2, 0.25) is 0 Å². The average Bonchev–Trinajstić information content (AvgIpc) is 3.45. The van der Waals surface area contributed by atoms with Gasteiger partial charge in [-0.25, -0.2) is 18.7 Å². The molecule has 3 aromatic heterocycles. The molecular formula is C35H39F2N5O4S. The van der Waals surface area contributed by atoms with Crippen LogP contribution in [0.25, 0.3) is 21.5 Å². The molecule has 12 heteroatoms. The fourth-order valence-electron chi connectivity index (χ4n) is 6.68. The number of piperidine rings is 1. The van der Waals surface area contributed by atoms with Gasteiger partial charge < -0.3 is 20.3 Å². The second-order valence-electron chi connectivity index (χ2n) is 13.8. The standard InChI is InChI=1S/C35H39F2N5O4S/c1-35(2,3)23-8-9-27-21(14-23)16-29-32(40-27)47-33(41-29)31(44)39-28(11-13-42-12-10-24(34(45)46)26(37)18-42)20-6-4-19(5-7-20)22-15-25(36)30(43)38-17-22/h4-7,15-17,23-24,26,28H,8-14,18H2,1-3H3,(H,38,43)(H,39,44)(H,45,46)/t23-,24-,26-,28?/m0/s1. The van der Waals surface area contributed by atoms with Gasteiger partial charge in [-0.15, -0.1) is 0 Å². The van der Waals surface area contributed by atoms with Crippen molar-refractivity contribution in [2.45, 2.75) is 65.1 Å². The number of hydrogen-bond donors (Lipinski definition) is 3. The molecule has 4 heterocycles. The molecule has 9 nitrogen and oxygen atoms in total. The lowest BCUT2D eigenvalue weighted by molar-refractivity contribution is -0.146. The smallest absolute Gasteiger partial charge is 0.309 e. The molecule has 3 N–H and O–H groups in total. The van der Waals surface area contributed by atoms with Crippen molar-refractivity contribution in [3.8, 4) is 11.1 Å². The molecule has 0 bridgehead atoms. The molecule has 1 saturated heterocycles. The number of carbonyl (C=O) groups excluding carboxylic acids is 1. The first-order valence-corrected chi connectivity index (χ1v) is 16.9. The van der Waals surface area contributed by atoms with Gasteiger partial charge in [0.2, 0.25) is 0 Å². The summed E-state index contributed by atoms with van der Waals surface area (Å²) in [4.78, 5) is 51.1. The Balaban J connectivity index is 1.22. The van der Waals surface area contributed by atoms with E-state index in [0.717, 1.165) is 35.4 Å². The molecule has 248 valence electrons. The van der Waals surface area contributed by atoms with Crippen LogP contribution >= 0.6 is 11.3 Å². The van der Waals surface area contributed by atoms with Crippen LogP contribution in [0.5, 0.6) is 0 Å². The lowest BCUT2D eigenvalue weighted by atomic mass is 9.71. The van der Waals surface area contributed by atoms with Crippen LogP contribution in [-0.4, -0.2) is 62.6 Å². The van der Waals surface area contributed by atoms with Crippen molar-refractivity contribution >= 4 is 33.6 Å². The predicted molar refractivity (Wildman–Crippen MR) is 177 cm³/mol. The van der Waals surface area contributed by atoms with Gasteiger partial charge in [0.25, 0.3) is 11.5 Å². The Labute approximate surface area is 275 Å². The first-order chi connectivity index (χ1) is 22.4. The van der Waals surface area contributed by atoms with Crippen LogP contribution in [0.1, 0.15) is 72.7 Å². The van der Waals surface area contributed by atoms with Crippen molar-refractivity contribution in [3.05, 3.63) is 80.6 Å². The number of amides is 1. The number of alkyl halides is 1. The number of aryl methyl sites for hydroxylation is 1. The number of aromatic nitrogens is 3. The van der Waals surface area contributed by atoms with Crippen molar-refractivity contribution in [2.75, 3.05) is 19.6 Å². The van der Waals surface area contributed by atoms with E-state index >= 15 is 0 Å². The SMILES string of the molecule is CC(C)(C)[C@H]1CCc2nc3sc(C(=O)NC(CCN4CC[C@H](C(=O)O)[C@@H](F)C4)c4ccc(-c5c[nH]c(=O)c(F)c5)cc4)nc3cc2C1. The number of likely N-dealkylation sites (tertiary alicyclic amines) is 1. The fraction of sp³-hybridized carbons (Fsp3) is 0.457. The summed E-state index contributed by atoms with van der Waals surface area (Å²) in [5.41, 5.74) is 4.34. The van der Waals surface area contributed by atoms with Gasteiger partial charge in [0, 0.05) is 30.5 Å². The zero-order chi connectivity index (χ0) is 33.5. The number of rotatable bonds is 8. The monoisotopic (exact) mass is 663 g/mol. The van der Waals surface area contributed by atoms with E-state index in [-0.39, 0.29) is 24.3 Å². The molecule has 6 rings (SSSR count). The van der Waals surface area contributed by atoms with Crippen molar-refractivity contribution < 1.29 is 23.5 Å². The third kappa shape index (κ3) is 7.28. The van der Waals surface area contributed by atoms with Gasteiger partial charge in [-0.05, 0) is 78.8 Å². The molecule has 4 aromatic rings. The highest BCUT2D eigenvalue weighted by Crippen LogP contribution is 2.38. The van der Waals surface area contributed by atoms with Gasteiger partial charge in [0.05, 0.1) is 12.0 Å². The summed E-state index contributed by atoms with van der Waals surface area (Å²) in [6.07, 6.45) is 3.55. The molecule has 1 aliphatic heterocycles. The number of nitrogens with zero attached hydrogens (tertiary/aromatic N) is 3. The Morgan fingerprint density at radius 2 is 1.91 bits per heavy atom. The van der Waals surface area contributed by atoms with E-state index < -0.39 is 35.5 Å². The average molecular weight is 664 g/mol. The number of carboxylic acid groups (broad SMARTS) is 1. The molecule has 1 unspecified atom stereocenters. The number of nitrogens with one attached hydrogen (secondary N) is 2. The maximum atomic E-state index is 14.6. The second-order valence-corrected chi connectivity index (χ2v) is 14.8. The Morgan fingerprint density at radius 1 is 1.15 bits per heavy atom. The molecule has 1 amide bonds.